The minimum absolute atomic E-state index is 0.193. The average Bonchev–Trinajstić information content (AvgIpc) is 2.36. The van der Waals surface area contributed by atoms with Gasteiger partial charge in [0.1, 0.15) is 17.5 Å². The van der Waals surface area contributed by atoms with Crippen molar-refractivity contribution >= 4 is 0 Å². The molecule has 2 aromatic rings. The van der Waals surface area contributed by atoms with Gasteiger partial charge in [0.2, 0.25) is 0 Å². The molecule has 0 spiro atoms. The molecule has 0 aliphatic heterocycles. The van der Waals surface area contributed by atoms with Crippen molar-refractivity contribution in [2.75, 3.05) is 7.05 Å². The van der Waals surface area contributed by atoms with Crippen LogP contribution in [0.1, 0.15) is 17.4 Å². The molecule has 0 saturated carbocycles. The van der Waals surface area contributed by atoms with E-state index in [1.165, 1.54) is 0 Å². The molecule has 0 radical (unpaired) electrons. The lowest BCUT2D eigenvalue weighted by Crippen LogP contribution is -2.21. The van der Waals surface area contributed by atoms with Gasteiger partial charge in [0.25, 0.3) is 0 Å². The molecule has 0 saturated heterocycles. The molecule has 0 amide bonds. The number of benzene rings is 1. The third-order valence-corrected chi connectivity index (χ3v) is 2.40. The zero-order valence-electron chi connectivity index (χ0n) is 9.19. The maximum absolute atomic E-state index is 13.6. The fourth-order valence-electron chi connectivity index (χ4n) is 1.62. The standard InChI is InChI=1S/C12H11F2N3/c1-15-11(12-16-5-2-6-17-12)9-7-8(13)3-4-10(9)14/h2-7,11,15H,1H3. The number of aromatic nitrogens is 2. The normalized spacial score (nSPS) is 12.4. The Morgan fingerprint density at radius 2 is 1.88 bits per heavy atom. The molecule has 0 fully saturated rings. The number of nitrogens with zero attached hydrogens (tertiary/aromatic N) is 2. The third kappa shape index (κ3) is 2.45. The van der Waals surface area contributed by atoms with E-state index in [9.17, 15) is 8.78 Å². The minimum Gasteiger partial charge on any atom is -0.307 e. The molecular weight excluding hydrogens is 224 g/mol. The number of nitrogens with one attached hydrogen (secondary N) is 1. The fourth-order valence-corrected chi connectivity index (χ4v) is 1.62. The first-order valence-electron chi connectivity index (χ1n) is 5.11. The molecule has 1 unspecified atom stereocenters. The van der Waals surface area contributed by atoms with Gasteiger partial charge in [-0.05, 0) is 31.3 Å². The first-order chi connectivity index (χ1) is 8.22. The zero-order valence-corrected chi connectivity index (χ0v) is 9.19. The second-order valence-electron chi connectivity index (χ2n) is 3.49. The van der Waals surface area contributed by atoms with Crippen LogP contribution in [0.15, 0.2) is 36.7 Å². The van der Waals surface area contributed by atoms with Crippen molar-refractivity contribution < 1.29 is 8.78 Å². The van der Waals surface area contributed by atoms with Gasteiger partial charge in [0.05, 0.1) is 6.04 Å². The van der Waals surface area contributed by atoms with E-state index in [0.717, 1.165) is 18.2 Å². The van der Waals surface area contributed by atoms with E-state index in [4.69, 9.17) is 0 Å². The summed E-state index contributed by atoms with van der Waals surface area (Å²) in [6.07, 6.45) is 3.12. The van der Waals surface area contributed by atoms with Crippen molar-refractivity contribution in [1.29, 1.82) is 0 Å². The molecule has 2 rings (SSSR count). The molecule has 0 bridgehead atoms. The molecule has 0 aliphatic rings. The Hall–Kier alpha value is -1.88. The van der Waals surface area contributed by atoms with E-state index < -0.39 is 17.7 Å². The number of rotatable bonds is 3. The highest BCUT2D eigenvalue weighted by molar-refractivity contribution is 5.27. The Balaban J connectivity index is 2.46. The predicted molar refractivity (Wildman–Crippen MR) is 59.3 cm³/mol. The van der Waals surface area contributed by atoms with E-state index in [-0.39, 0.29) is 5.56 Å². The topological polar surface area (TPSA) is 37.8 Å². The molecule has 5 heteroatoms. The average molecular weight is 235 g/mol. The fraction of sp³-hybridized carbons (Fsp3) is 0.167. The van der Waals surface area contributed by atoms with E-state index >= 15 is 0 Å². The lowest BCUT2D eigenvalue weighted by atomic mass is 10.1. The lowest BCUT2D eigenvalue weighted by Gasteiger charge is -2.15. The smallest absolute Gasteiger partial charge is 0.149 e. The highest BCUT2D eigenvalue weighted by Gasteiger charge is 2.18. The number of halogens is 2. The largest absolute Gasteiger partial charge is 0.307 e. The Kier molecular flexibility index (Phi) is 3.39. The second-order valence-corrected chi connectivity index (χ2v) is 3.49. The summed E-state index contributed by atoms with van der Waals surface area (Å²) >= 11 is 0. The number of hydrogen-bond acceptors (Lipinski definition) is 3. The van der Waals surface area contributed by atoms with Gasteiger partial charge in [-0.2, -0.15) is 0 Å². The van der Waals surface area contributed by atoms with Crippen LogP contribution in [0.2, 0.25) is 0 Å². The summed E-state index contributed by atoms with van der Waals surface area (Å²) in [6.45, 7) is 0. The maximum atomic E-state index is 13.6. The molecule has 0 aliphatic carbocycles. The molecule has 17 heavy (non-hydrogen) atoms. The molecule has 1 N–H and O–H groups in total. The van der Waals surface area contributed by atoms with Crippen molar-refractivity contribution in [3.8, 4) is 0 Å². The highest BCUT2D eigenvalue weighted by atomic mass is 19.1. The predicted octanol–water partition coefficient (Wildman–Crippen LogP) is 2.06. The van der Waals surface area contributed by atoms with E-state index in [1.54, 1.807) is 25.5 Å². The Morgan fingerprint density at radius 1 is 1.18 bits per heavy atom. The molecule has 1 heterocycles. The van der Waals surface area contributed by atoms with Crippen LogP contribution < -0.4 is 5.32 Å². The van der Waals surface area contributed by atoms with Gasteiger partial charge in [0, 0.05) is 18.0 Å². The van der Waals surface area contributed by atoms with E-state index in [2.05, 4.69) is 15.3 Å². The van der Waals surface area contributed by atoms with Gasteiger partial charge in [-0.15, -0.1) is 0 Å². The van der Waals surface area contributed by atoms with Crippen molar-refractivity contribution in [1.82, 2.24) is 15.3 Å². The van der Waals surface area contributed by atoms with Crippen molar-refractivity contribution in [3.63, 3.8) is 0 Å². The van der Waals surface area contributed by atoms with Gasteiger partial charge in [0.15, 0.2) is 0 Å². The summed E-state index contributed by atoms with van der Waals surface area (Å²) in [5.74, 6) is -0.574. The van der Waals surface area contributed by atoms with Crippen molar-refractivity contribution in [2.24, 2.45) is 0 Å². The van der Waals surface area contributed by atoms with Crippen LogP contribution in [0, 0.1) is 11.6 Å². The van der Waals surface area contributed by atoms with Crippen LogP contribution in [-0.4, -0.2) is 17.0 Å². The Morgan fingerprint density at radius 3 is 2.53 bits per heavy atom. The van der Waals surface area contributed by atoms with Crippen molar-refractivity contribution in [3.05, 3.63) is 59.7 Å². The highest BCUT2D eigenvalue weighted by Crippen LogP contribution is 2.22. The van der Waals surface area contributed by atoms with Crippen LogP contribution in [0.3, 0.4) is 0 Å². The summed E-state index contributed by atoms with van der Waals surface area (Å²) < 4.78 is 26.8. The van der Waals surface area contributed by atoms with Gasteiger partial charge in [-0.3, -0.25) is 0 Å². The first kappa shape index (κ1) is 11.6. The zero-order chi connectivity index (χ0) is 12.3. The molecule has 1 atom stereocenters. The van der Waals surface area contributed by atoms with Crippen LogP contribution in [0.5, 0.6) is 0 Å². The van der Waals surface area contributed by atoms with Crippen LogP contribution in [0.4, 0.5) is 8.78 Å². The van der Waals surface area contributed by atoms with E-state index in [1.807, 2.05) is 0 Å². The maximum Gasteiger partial charge on any atom is 0.149 e. The van der Waals surface area contributed by atoms with Gasteiger partial charge >= 0.3 is 0 Å². The minimum atomic E-state index is -0.563. The Labute approximate surface area is 97.5 Å². The summed E-state index contributed by atoms with van der Waals surface area (Å²) in [6, 6.07) is 4.42. The summed E-state index contributed by atoms with van der Waals surface area (Å²) in [5.41, 5.74) is 0.193. The lowest BCUT2D eigenvalue weighted by molar-refractivity contribution is 0.547. The summed E-state index contributed by atoms with van der Waals surface area (Å²) in [5, 5.41) is 2.87. The van der Waals surface area contributed by atoms with Crippen LogP contribution in [-0.2, 0) is 0 Å². The molecule has 1 aromatic heterocycles. The third-order valence-electron chi connectivity index (χ3n) is 2.40. The first-order valence-corrected chi connectivity index (χ1v) is 5.11. The van der Waals surface area contributed by atoms with Gasteiger partial charge in [-0.1, -0.05) is 0 Å². The molecular formula is C12H11F2N3. The SMILES string of the molecule is CNC(c1ncccn1)c1cc(F)ccc1F. The number of hydrogen-bond donors (Lipinski definition) is 1. The van der Waals surface area contributed by atoms with E-state index in [0.29, 0.717) is 5.82 Å². The van der Waals surface area contributed by atoms with Gasteiger partial charge < -0.3 is 5.32 Å². The quantitative estimate of drug-likeness (QED) is 0.884. The molecule has 3 nitrogen and oxygen atoms in total. The van der Waals surface area contributed by atoms with Crippen LogP contribution in [0.25, 0.3) is 0 Å². The van der Waals surface area contributed by atoms with Crippen molar-refractivity contribution in [2.45, 2.75) is 6.04 Å². The molecule has 1 aromatic carbocycles. The summed E-state index contributed by atoms with van der Waals surface area (Å²) in [7, 11) is 1.64. The Bertz CT molecular complexity index is 502. The second kappa shape index (κ2) is 4.97. The monoisotopic (exact) mass is 235 g/mol. The van der Waals surface area contributed by atoms with Gasteiger partial charge in [-0.25, -0.2) is 18.7 Å². The molecule has 88 valence electrons. The van der Waals surface area contributed by atoms with Crippen LogP contribution >= 0.6 is 0 Å². The summed E-state index contributed by atoms with van der Waals surface area (Å²) in [4.78, 5) is 8.07.